The Morgan fingerprint density at radius 3 is 2.78 bits per heavy atom. The summed E-state index contributed by atoms with van der Waals surface area (Å²) in [6, 6.07) is 11.0. The molecule has 3 aromatic rings. The summed E-state index contributed by atoms with van der Waals surface area (Å²) in [5, 5.41) is 13.6. The summed E-state index contributed by atoms with van der Waals surface area (Å²) in [4.78, 5) is 38.2. The molecule has 0 amide bonds. The van der Waals surface area contributed by atoms with Crippen molar-refractivity contribution in [3.63, 3.8) is 0 Å². The van der Waals surface area contributed by atoms with E-state index in [9.17, 15) is 14.4 Å². The van der Waals surface area contributed by atoms with Crippen LogP contribution in [0.25, 0.3) is 10.9 Å². The van der Waals surface area contributed by atoms with Crippen LogP contribution in [0.2, 0.25) is 5.02 Å². The number of H-pyrrole nitrogens is 1. The Balaban J connectivity index is 2.05. The number of aromatic nitrogens is 2. The third-order valence-electron chi connectivity index (χ3n) is 3.72. The predicted octanol–water partition coefficient (Wildman–Crippen LogP) is 2.08. The fraction of sp³-hybridized carbons (Fsp3) is 0.111. The first-order valence-corrected chi connectivity index (χ1v) is 8.22. The number of fused-ring (bicyclic) bond motifs is 1. The largest absolute Gasteiger partial charge is 0.479 e. The summed E-state index contributed by atoms with van der Waals surface area (Å²) < 4.78 is 6.03. The van der Waals surface area contributed by atoms with Crippen molar-refractivity contribution in [1.29, 1.82) is 0 Å². The molecule has 0 radical (unpaired) electrons. The van der Waals surface area contributed by atoms with E-state index in [1.54, 1.807) is 24.3 Å². The molecular formula is C18H14ClN3O5. The van der Waals surface area contributed by atoms with Crippen LogP contribution in [0.15, 0.2) is 57.2 Å². The maximum atomic E-state index is 12.5. The lowest BCUT2D eigenvalue weighted by atomic mass is 10.2. The molecule has 1 unspecified atom stereocenters. The first kappa shape index (κ1) is 18.4. The summed E-state index contributed by atoms with van der Waals surface area (Å²) in [5.74, 6) is -0.946. The number of rotatable bonds is 5. The molecule has 0 aliphatic carbocycles. The molecule has 0 spiro atoms. The average Bonchev–Trinajstić information content (AvgIpc) is 2.63. The first-order chi connectivity index (χ1) is 12.9. The van der Waals surface area contributed by atoms with Gasteiger partial charge in [0.2, 0.25) is 0 Å². The number of hydrogen-bond acceptors (Lipinski definition) is 5. The van der Waals surface area contributed by atoms with Gasteiger partial charge >= 0.3 is 11.7 Å². The van der Waals surface area contributed by atoms with Crippen molar-refractivity contribution in [2.45, 2.75) is 13.0 Å². The molecule has 0 aliphatic heterocycles. The molecule has 1 atom stereocenters. The molecule has 2 N–H and O–H groups in total. The number of carboxylic acid groups (broad SMARTS) is 1. The number of carboxylic acids is 1. The van der Waals surface area contributed by atoms with Crippen LogP contribution in [0.3, 0.4) is 0 Å². The highest BCUT2D eigenvalue weighted by Gasteiger charge is 2.15. The minimum Gasteiger partial charge on any atom is -0.479 e. The first-order valence-electron chi connectivity index (χ1n) is 7.84. The van der Waals surface area contributed by atoms with Crippen LogP contribution in [0, 0.1) is 0 Å². The number of benzene rings is 2. The van der Waals surface area contributed by atoms with Crippen LogP contribution in [-0.4, -0.2) is 33.1 Å². The summed E-state index contributed by atoms with van der Waals surface area (Å²) in [5.41, 5.74) is -0.580. The summed E-state index contributed by atoms with van der Waals surface area (Å²) in [6.07, 6.45) is 0.103. The molecule has 138 valence electrons. The minimum atomic E-state index is -1.14. The SMILES string of the molecule is CC(Oc1ccc(Cl)cc1C=Nn1c(=O)[nH]c2ccccc2c1=O)C(=O)O. The molecule has 0 aliphatic rings. The molecule has 0 saturated heterocycles. The van der Waals surface area contributed by atoms with E-state index < -0.39 is 23.3 Å². The van der Waals surface area contributed by atoms with Crippen LogP contribution >= 0.6 is 11.6 Å². The van der Waals surface area contributed by atoms with Crippen LogP contribution in [-0.2, 0) is 4.79 Å². The minimum absolute atomic E-state index is 0.198. The molecule has 2 aromatic carbocycles. The van der Waals surface area contributed by atoms with E-state index in [4.69, 9.17) is 21.4 Å². The van der Waals surface area contributed by atoms with Gasteiger partial charge in [0.25, 0.3) is 5.56 Å². The highest BCUT2D eigenvalue weighted by molar-refractivity contribution is 6.30. The molecular weight excluding hydrogens is 374 g/mol. The fourth-order valence-electron chi connectivity index (χ4n) is 2.35. The number of carbonyl (C=O) groups is 1. The van der Waals surface area contributed by atoms with Crippen molar-refractivity contribution in [2.75, 3.05) is 0 Å². The van der Waals surface area contributed by atoms with Crippen molar-refractivity contribution in [1.82, 2.24) is 9.66 Å². The second kappa shape index (κ2) is 7.46. The normalized spacial score (nSPS) is 12.4. The van der Waals surface area contributed by atoms with Crippen molar-refractivity contribution in [2.24, 2.45) is 5.10 Å². The zero-order valence-corrected chi connectivity index (χ0v) is 14.8. The van der Waals surface area contributed by atoms with Gasteiger partial charge in [-0.25, -0.2) is 9.59 Å². The second-order valence-corrected chi connectivity index (χ2v) is 6.05. The highest BCUT2D eigenvalue weighted by atomic mass is 35.5. The third kappa shape index (κ3) is 3.90. The lowest BCUT2D eigenvalue weighted by Gasteiger charge is -2.12. The number of halogens is 1. The highest BCUT2D eigenvalue weighted by Crippen LogP contribution is 2.22. The van der Waals surface area contributed by atoms with Crippen molar-refractivity contribution in [3.05, 3.63) is 73.9 Å². The summed E-state index contributed by atoms with van der Waals surface area (Å²) >= 11 is 5.97. The van der Waals surface area contributed by atoms with E-state index >= 15 is 0 Å². The maximum absolute atomic E-state index is 12.5. The summed E-state index contributed by atoms with van der Waals surface area (Å²) in [7, 11) is 0. The van der Waals surface area contributed by atoms with Crippen LogP contribution in [0.1, 0.15) is 12.5 Å². The smallest absolute Gasteiger partial charge is 0.349 e. The van der Waals surface area contributed by atoms with Gasteiger partial charge in [0.15, 0.2) is 6.10 Å². The van der Waals surface area contributed by atoms with Gasteiger partial charge in [-0.1, -0.05) is 23.7 Å². The van der Waals surface area contributed by atoms with Gasteiger partial charge in [-0.3, -0.25) is 4.79 Å². The third-order valence-corrected chi connectivity index (χ3v) is 3.95. The van der Waals surface area contributed by atoms with Crippen LogP contribution < -0.4 is 16.0 Å². The van der Waals surface area contributed by atoms with Crippen molar-refractivity contribution in [3.8, 4) is 5.75 Å². The Morgan fingerprint density at radius 2 is 2.04 bits per heavy atom. The van der Waals surface area contributed by atoms with Gasteiger partial charge in [0, 0.05) is 10.6 Å². The van der Waals surface area contributed by atoms with E-state index in [0.717, 1.165) is 0 Å². The average molecular weight is 388 g/mol. The van der Waals surface area contributed by atoms with Gasteiger partial charge < -0.3 is 14.8 Å². The fourth-order valence-corrected chi connectivity index (χ4v) is 2.53. The maximum Gasteiger partial charge on any atom is 0.349 e. The number of para-hydroxylation sites is 1. The van der Waals surface area contributed by atoms with Gasteiger partial charge in [0.05, 0.1) is 17.1 Å². The lowest BCUT2D eigenvalue weighted by molar-refractivity contribution is -0.144. The number of hydrogen-bond donors (Lipinski definition) is 2. The molecule has 3 rings (SSSR count). The lowest BCUT2D eigenvalue weighted by Crippen LogP contribution is -2.32. The molecule has 9 heteroatoms. The Bertz CT molecular complexity index is 1170. The molecule has 0 saturated carbocycles. The van der Waals surface area contributed by atoms with Gasteiger partial charge in [-0.15, -0.1) is 4.68 Å². The monoisotopic (exact) mass is 387 g/mol. The van der Waals surface area contributed by atoms with Crippen LogP contribution in [0.5, 0.6) is 5.75 Å². The van der Waals surface area contributed by atoms with E-state index in [1.165, 1.54) is 31.3 Å². The number of nitrogens with one attached hydrogen (secondary N) is 1. The molecule has 0 bridgehead atoms. The molecule has 1 heterocycles. The van der Waals surface area contributed by atoms with E-state index in [2.05, 4.69) is 10.1 Å². The molecule has 27 heavy (non-hydrogen) atoms. The van der Waals surface area contributed by atoms with E-state index in [-0.39, 0.29) is 5.75 Å². The van der Waals surface area contributed by atoms with Crippen molar-refractivity contribution >= 4 is 34.7 Å². The Morgan fingerprint density at radius 1 is 1.30 bits per heavy atom. The number of aliphatic carboxylic acids is 1. The molecule has 1 aromatic heterocycles. The zero-order valence-electron chi connectivity index (χ0n) is 14.0. The Labute approximate surface area is 157 Å². The molecule has 0 fully saturated rings. The van der Waals surface area contributed by atoms with Crippen LogP contribution in [0.4, 0.5) is 0 Å². The quantitative estimate of drug-likeness (QED) is 0.650. The molecule has 8 nitrogen and oxygen atoms in total. The van der Waals surface area contributed by atoms with E-state index in [0.29, 0.717) is 26.2 Å². The topological polar surface area (TPSA) is 114 Å². The Kier molecular flexibility index (Phi) is 5.09. The second-order valence-electron chi connectivity index (χ2n) is 5.62. The van der Waals surface area contributed by atoms with E-state index in [1.807, 2.05) is 0 Å². The number of nitrogens with zero attached hydrogens (tertiary/aromatic N) is 2. The van der Waals surface area contributed by atoms with Gasteiger partial charge in [-0.05, 0) is 37.3 Å². The summed E-state index contributed by atoms with van der Waals surface area (Å²) in [6.45, 7) is 1.37. The standard InChI is InChI=1S/C18H14ClN3O5/c1-10(17(24)25)27-15-7-6-12(19)8-11(15)9-20-22-16(23)13-4-2-3-5-14(13)21-18(22)26/h2-10H,1H3,(H,21,26)(H,24,25). The van der Waals surface area contributed by atoms with Gasteiger partial charge in [0.1, 0.15) is 5.75 Å². The van der Waals surface area contributed by atoms with Gasteiger partial charge in [-0.2, -0.15) is 5.10 Å². The Hall–Kier alpha value is -3.39. The van der Waals surface area contributed by atoms with Crippen molar-refractivity contribution < 1.29 is 14.6 Å². The number of ether oxygens (including phenoxy) is 1. The zero-order chi connectivity index (χ0) is 19.6. The number of aromatic amines is 1. The predicted molar refractivity (Wildman–Crippen MR) is 101 cm³/mol.